The second-order valence-corrected chi connectivity index (χ2v) is 5.12. The fourth-order valence-corrected chi connectivity index (χ4v) is 2.13. The van der Waals surface area contributed by atoms with Crippen molar-refractivity contribution in [3.8, 4) is 17.1 Å². The predicted octanol–water partition coefficient (Wildman–Crippen LogP) is 3.05. The molecule has 0 saturated carbocycles. The number of benzene rings is 1. The van der Waals surface area contributed by atoms with Gasteiger partial charge in [0.15, 0.2) is 5.65 Å². The highest BCUT2D eigenvalue weighted by atomic mass is 35.5. The molecule has 0 radical (unpaired) electrons. The van der Waals surface area contributed by atoms with Gasteiger partial charge in [-0.25, -0.2) is 9.97 Å². The van der Waals surface area contributed by atoms with E-state index in [2.05, 4.69) is 15.0 Å². The van der Waals surface area contributed by atoms with Crippen LogP contribution in [0.25, 0.3) is 22.6 Å². The Morgan fingerprint density at radius 3 is 2.65 bits per heavy atom. The molecule has 6 heteroatoms. The van der Waals surface area contributed by atoms with Crippen LogP contribution < -0.4 is 4.90 Å². The summed E-state index contributed by atoms with van der Waals surface area (Å²) in [6.07, 6.45) is 0. The zero-order valence-corrected chi connectivity index (χ0v) is 11.8. The summed E-state index contributed by atoms with van der Waals surface area (Å²) in [4.78, 5) is 13.9. The Kier molecular flexibility index (Phi) is 2.99. The Morgan fingerprint density at radius 2 is 1.95 bits per heavy atom. The molecule has 0 spiro atoms. The van der Waals surface area contributed by atoms with Crippen LogP contribution in [0.3, 0.4) is 0 Å². The predicted molar refractivity (Wildman–Crippen MR) is 80.3 cm³/mol. The molecule has 20 heavy (non-hydrogen) atoms. The van der Waals surface area contributed by atoms with Gasteiger partial charge < -0.3 is 15.0 Å². The Labute approximate surface area is 120 Å². The fourth-order valence-electron chi connectivity index (χ4n) is 1.96. The smallest absolute Gasteiger partial charge is 0.180 e. The van der Waals surface area contributed by atoms with E-state index in [1.165, 1.54) is 6.07 Å². The summed E-state index contributed by atoms with van der Waals surface area (Å²) in [6.45, 7) is 0. The van der Waals surface area contributed by atoms with E-state index in [1.807, 2.05) is 31.1 Å². The van der Waals surface area contributed by atoms with Gasteiger partial charge in [0.2, 0.25) is 0 Å². The van der Waals surface area contributed by atoms with Gasteiger partial charge in [0.05, 0.1) is 11.1 Å². The quantitative estimate of drug-likeness (QED) is 0.761. The summed E-state index contributed by atoms with van der Waals surface area (Å²) in [6, 6.07) is 8.75. The Morgan fingerprint density at radius 1 is 1.15 bits per heavy atom. The van der Waals surface area contributed by atoms with Gasteiger partial charge >= 0.3 is 0 Å². The third-order valence-corrected chi connectivity index (χ3v) is 3.24. The van der Waals surface area contributed by atoms with Gasteiger partial charge in [0.25, 0.3) is 0 Å². The van der Waals surface area contributed by atoms with Crippen molar-refractivity contribution < 1.29 is 5.11 Å². The number of phenols is 1. The number of fused-ring (bicyclic) bond motifs is 1. The first-order valence-electron chi connectivity index (χ1n) is 6.07. The number of aromatic amines is 1. The molecule has 0 bridgehead atoms. The van der Waals surface area contributed by atoms with Crippen molar-refractivity contribution in [2.45, 2.75) is 0 Å². The summed E-state index contributed by atoms with van der Waals surface area (Å²) in [5.74, 6) is 1.48. The van der Waals surface area contributed by atoms with E-state index in [9.17, 15) is 5.11 Å². The molecule has 0 aliphatic heterocycles. The highest BCUT2D eigenvalue weighted by Gasteiger charge is 2.11. The van der Waals surface area contributed by atoms with Crippen molar-refractivity contribution in [2.24, 2.45) is 0 Å². The number of aromatic hydroxyl groups is 1. The average molecular weight is 289 g/mol. The van der Waals surface area contributed by atoms with E-state index in [4.69, 9.17) is 11.6 Å². The standard InChI is InChI=1S/C14H13ClN4O/c1-19(2)12-6-5-10-14(17-12)18-13(16-10)9-4-3-8(15)7-11(9)20/h3-7,20H,1-2H3,(H,16,17,18). The molecular weight excluding hydrogens is 276 g/mol. The number of pyridine rings is 1. The van der Waals surface area contributed by atoms with Crippen molar-refractivity contribution >= 4 is 28.6 Å². The van der Waals surface area contributed by atoms with Gasteiger partial charge in [0, 0.05) is 19.1 Å². The number of rotatable bonds is 2. The van der Waals surface area contributed by atoms with Gasteiger partial charge in [0.1, 0.15) is 17.4 Å². The minimum Gasteiger partial charge on any atom is -0.507 e. The number of H-pyrrole nitrogens is 1. The van der Waals surface area contributed by atoms with Crippen LogP contribution in [-0.4, -0.2) is 34.2 Å². The van der Waals surface area contributed by atoms with Gasteiger partial charge in [-0.2, -0.15) is 0 Å². The number of hydrogen-bond acceptors (Lipinski definition) is 4. The molecule has 0 atom stereocenters. The monoisotopic (exact) mass is 288 g/mol. The van der Waals surface area contributed by atoms with Gasteiger partial charge in [-0.05, 0) is 30.3 Å². The zero-order valence-electron chi connectivity index (χ0n) is 11.1. The van der Waals surface area contributed by atoms with Crippen LogP contribution in [0.5, 0.6) is 5.75 Å². The first-order chi connectivity index (χ1) is 9.54. The van der Waals surface area contributed by atoms with Crippen molar-refractivity contribution in [1.29, 1.82) is 0 Å². The maximum atomic E-state index is 9.94. The van der Waals surface area contributed by atoms with Crippen LogP contribution >= 0.6 is 11.6 Å². The lowest BCUT2D eigenvalue weighted by Crippen LogP contribution is -2.10. The van der Waals surface area contributed by atoms with E-state index < -0.39 is 0 Å². The van der Waals surface area contributed by atoms with Crippen LogP contribution in [0.1, 0.15) is 0 Å². The molecule has 2 aromatic heterocycles. The number of hydrogen-bond donors (Lipinski definition) is 2. The Balaban J connectivity index is 2.13. The Hall–Kier alpha value is -2.27. The number of imidazole rings is 1. The summed E-state index contributed by atoms with van der Waals surface area (Å²) in [7, 11) is 3.85. The topological polar surface area (TPSA) is 65.0 Å². The van der Waals surface area contributed by atoms with E-state index in [1.54, 1.807) is 12.1 Å². The third-order valence-electron chi connectivity index (χ3n) is 3.00. The lowest BCUT2D eigenvalue weighted by molar-refractivity contribution is 0.477. The summed E-state index contributed by atoms with van der Waals surface area (Å²) < 4.78 is 0. The molecular formula is C14H13ClN4O. The van der Waals surface area contributed by atoms with Crippen LogP contribution in [0.15, 0.2) is 30.3 Å². The normalized spacial score (nSPS) is 10.9. The first kappa shape index (κ1) is 12.7. The van der Waals surface area contributed by atoms with Crippen LogP contribution in [0.4, 0.5) is 5.82 Å². The molecule has 3 aromatic rings. The molecule has 0 amide bonds. The van der Waals surface area contributed by atoms with Crippen molar-refractivity contribution in [1.82, 2.24) is 15.0 Å². The second kappa shape index (κ2) is 4.68. The lowest BCUT2D eigenvalue weighted by Gasteiger charge is -2.09. The summed E-state index contributed by atoms with van der Waals surface area (Å²) in [5, 5.41) is 10.4. The van der Waals surface area contributed by atoms with Crippen LogP contribution in [-0.2, 0) is 0 Å². The fraction of sp³-hybridized carbons (Fsp3) is 0.143. The number of halogens is 1. The minimum atomic E-state index is 0.0874. The summed E-state index contributed by atoms with van der Waals surface area (Å²) in [5.41, 5.74) is 2.03. The number of anilines is 1. The number of nitrogens with one attached hydrogen (secondary N) is 1. The van der Waals surface area contributed by atoms with Gasteiger partial charge in [-0.15, -0.1) is 0 Å². The number of aromatic nitrogens is 3. The molecule has 2 heterocycles. The molecule has 0 aliphatic carbocycles. The number of nitrogens with zero attached hydrogens (tertiary/aromatic N) is 3. The maximum Gasteiger partial charge on any atom is 0.180 e. The SMILES string of the molecule is CN(C)c1ccc2[nH]c(-c3ccc(Cl)cc3O)nc2n1. The molecule has 102 valence electrons. The summed E-state index contributed by atoms with van der Waals surface area (Å²) >= 11 is 5.83. The second-order valence-electron chi connectivity index (χ2n) is 4.68. The molecule has 0 unspecified atom stereocenters. The molecule has 5 nitrogen and oxygen atoms in total. The van der Waals surface area contributed by atoms with Crippen LogP contribution in [0, 0.1) is 0 Å². The number of phenolic OH excluding ortho intramolecular Hbond substituents is 1. The van der Waals surface area contributed by atoms with Crippen molar-refractivity contribution in [3.05, 3.63) is 35.4 Å². The zero-order chi connectivity index (χ0) is 14.3. The van der Waals surface area contributed by atoms with Gasteiger partial charge in [-0.1, -0.05) is 11.6 Å². The van der Waals surface area contributed by atoms with E-state index in [0.717, 1.165) is 11.3 Å². The van der Waals surface area contributed by atoms with E-state index in [-0.39, 0.29) is 5.75 Å². The maximum absolute atomic E-state index is 9.94. The highest BCUT2D eigenvalue weighted by Crippen LogP contribution is 2.30. The molecule has 0 aliphatic rings. The van der Waals surface area contributed by atoms with Crippen LogP contribution in [0.2, 0.25) is 5.02 Å². The van der Waals surface area contributed by atoms with E-state index >= 15 is 0 Å². The average Bonchev–Trinajstić information content (AvgIpc) is 2.80. The third kappa shape index (κ3) is 2.16. The van der Waals surface area contributed by atoms with Crippen molar-refractivity contribution in [3.63, 3.8) is 0 Å². The Bertz CT molecular complexity index is 782. The molecule has 3 rings (SSSR count). The largest absolute Gasteiger partial charge is 0.507 e. The van der Waals surface area contributed by atoms with Gasteiger partial charge in [-0.3, -0.25) is 0 Å². The van der Waals surface area contributed by atoms with E-state index in [0.29, 0.717) is 22.1 Å². The minimum absolute atomic E-state index is 0.0874. The molecule has 2 N–H and O–H groups in total. The molecule has 0 fully saturated rings. The lowest BCUT2D eigenvalue weighted by atomic mass is 10.2. The van der Waals surface area contributed by atoms with Crippen molar-refractivity contribution in [2.75, 3.05) is 19.0 Å². The highest BCUT2D eigenvalue weighted by molar-refractivity contribution is 6.30. The molecule has 0 saturated heterocycles. The first-order valence-corrected chi connectivity index (χ1v) is 6.45. The molecule has 1 aromatic carbocycles.